The van der Waals surface area contributed by atoms with E-state index in [0.717, 1.165) is 28.9 Å². The van der Waals surface area contributed by atoms with Crippen molar-refractivity contribution in [3.05, 3.63) is 41.1 Å². The molecule has 0 aromatic heterocycles. The van der Waals surface area contributed by atoms with E-state index in [9.17, 15) is 8.42 Å². The Morgan fingerprint density at radius 2 is 1.78 bits per heavy atom. The van der Waals surface area contributed by atoms with Crippen LogP contribution in [0.5, 0.6) is 0 Å². The van der Waals surface area contributed by atoms with Crippen molar-refractivity contribution in [2.24, 2.45) is 9.18 Å². The minimum absolute atomic E-state index is 0.0935. The Kier molecular flexibility index (Phi) is 5.38. The minimum atomic E-state index is -3.69. The summed E-state index contributed by atoms with van der Waals surface area (Å²) in [6.07, 6.45) is 3.82. The first-order chi connectivity index (χ1) is 10.6. The van der Waals surface area contributed by atoms with E-state index in [-0.39, 0.29) is 10.3 Å². The fourth-order valence-corrected chi connectivity index (χ4v) is 4.77. The lowest BCUT2D eigenvalue weighted by Crippen LogP contribution is -2.27. The van der Waals surface area contributed by atoms with E-state index in [1.54, 1.807) is 12.1 Å². The molecule has 0 saturated carbocycles. The van der Waals surface area contributed by atoms with Gasteiger partial charge in [0.1, 0.15) is 0 Å². The molecule has 1 aliphatic rings. The molecule has 23 heavy (non-hydrogen) atoms. The van der Waals surface area contributed by atoms with Gasteiger partial charge in [0.2, 0.25) is 0 Å². The van der Waals surface area contributed by atoms with Crippen LogP contribution in [0.25, 0.3) is 0 Å². The molecule has 4 nitrogen and oxygen atoms in total. The number of allylic oxidation sites excluding steroid dienone is 2. The summed E-state index contributed by atoms with van der Waals surface area (Å²) >= 11 is 6.83. The van der Waals surface area contributed by atoms with Crippen LogP contribution in [0.4, 0.5) is 0 Å². The van der Waals surface area contributed by atoms with Gasteiger partial charge in [-0.05, 0) is 59.7 Å². The average Bonchev–Trinajstić information content (AvgIpc) is 2.44. The Morgan fingerprint density at radius 3 is 2.35 bits per heavy atom. The molecule has 1 aromatic rings. The Bertz CT molecular complexity index is 788. The first-order valence-corrected chi connectivity index (χ1v) is 9.82. The fraction of sp³-hybridized carbons (Fsp3) is 0.438. The van der Waals surface area contributed by atoms with E-state index < -0.39 is 10.0 Å². The van der Waals surface area contributed by atoms with E-state index in [0.29, 0.717) is 5.02 Å². The maximum atomic E-state index is 12.3. The summed E-state index contributed by atoms with van der Waals surface area (Å²) in [5.41, 5.74) is 1.28. The van der Waals surface area contributed by atoms with E-state index >= 15 is 0 Å². The molecule has 0 spiro atoms. The molecule has 0 fully saturated rings. The zero-order valence-electron chi connectivity index (χ0n) is 13.7. The number of hydrogen-bond acceptors (Lipinski definition) is 3. The smallest absolute Gasteiger partial charge is 0.292 e. The quantitative estimate of drug-likeness (QED) is 0.759. The number of benzene rings is 1. The normalized spacial score (nSPS) is 17.4. The standard InChI is InChI=1S/C16H21ClN2O2S2/c1-16(2)10-13(19(3)4)9-14(11-16)22-18-23(20,21)15-7-5-12(17)6-8-15/h5-9H,10-11H2,1-4H3. The molecule has 7 heteroatoms. The highest BCUT2D eigenvalue weighted by Gasteiger charge is 2.26. The molecule has 126 valence electrons. The molecule has 1 aliphatic carbocycles. The zero-order valence-corrected chi connectivity index (χ0v) is 16.1. The van der Waals surface area contributed by atoms with Gasteiger partial charge in [-0.15, -0.1) is 3.77 Å². The Balaban J connectivity index is 2.41. The summed E-state index contributed by atoms with van der Waals surface area (Å²) in [6, 6.07) is 6.04. The summed E-state index contributed by atoms with van der Waals surface area (Å²) in [5.74, 6) is 0. The predicted octanol–water partition coefficient (Wildman–Crippen LogP) is 3.73. The minimum Gasteiger partial charge on any atom is -0.381 e. The number of sulfonamides is 1. The summed E-state index contributed by atoms with van der Waals surface area (Å²) in [6.45, 7) is 4.36. The van der Waals surface area contributed by atoms with Crippen molar-refractivity contribution >= 4 is 37.6 Å². The van der Waals surface area contributed by atoms with Gasteiger partial charge in [-0.25, -0.2) is 0 Å². The average molecular weight is 373 g/mol. The predicted molar refractivity (Wildman–Crippen MR) is 98.2 cm³/mol. The number of rotatable bonds is 3. The third-order valence-corrected chi connectivity index (χ3v) is 6.28. The summed E-state index contributed by atoms with van der Waals surface area (Å²) < 4.78 is 28.5. The van der Waals surface area contributed by atoms with E-state index in [1.807, 2.05) is 20.2 Å². The summed E-state index contributed by atoms with van der Waals surface area (Å²) in [4.78, 5) is 3.18. The van der Waals surface area contributed by atoms with Gasteiger partial charge in [-0.3, -0.25) is 0 Å². The van der Waals surface area contributed by atoms with E-state index in [2.05, 4.69) is 22.5 Å². The SMILES string of the molecule is CN(C)C1=CC(=S=NS(=O)(=O)c2ccc(Cl)cc2)CC(C)(C)C1. The number of nitrogens with zero attached hydrogens (tertiary/aromatic N) is 2. The van der Waals surface area contributed by atoms with Crippen LogP contribution in [0.15, 0.2) is 44.7 Å². The van der Waals surface area contributed by atoms with Gasteiger partial charge in [0, 0.05) is 29.7 Å². The molecule has 0 unspecified atom stereocenters. The van der Waals surface area contributed by atoms with Crippen LogP contribution in [-0.4, -0.2) is 32.3 Å². The summed E-state index contributed by atoms with van der Waals surface area (Å²) in [5, 5.41) is 0.499. The highest BCUT2D eigenvalue weighted by molar-refractivity contribution is 7.95. The van der Waals surface area contributed by atoms with Crippen molar-refractivity contribution < 1.29 is 8.42 Å². The highest BCUT2D eigenvalue weighted by atomic mass is 35.5. The molecular weight excluding hydrogens is 352 g/mol. The van der Waals surface area contributed by atoms with Crippen molar-refractivity contribution in [2.75, 3.05) is 14.1 Å². The van der Waals surface area contributed by atoms with Gasteiger partial charge >= 0.3 is 0 Å². The molecule has 2 rings (SSSR count). The third kappa shape index (κ3) is 4.93. The van der Waals surface area contributed by atoms with E-state index in [4.69, 9.17) is 11.6 Å². The van der Waals surface area contributed by atoms with Gasteiger partial charge in [-0.1, -0.05) is 25.4 Å². The molecular formula is C16H21ClN2O2S2. The molecule has 0 atom stereocenters. The second-order valence-electron chi connectivity index (χ2n) is 6.61. The molecule has 0 aliphatic heterocycles. The fourth-order valence-electron chi connectivity index (χ4n) is 2.40. The Labute approximate surface area is 146 Å². The van der Waals surface area contributed by atoms with E-state index in [1.165, 1.54) is 17.8 Å². The maximum Gasteiger partial charge on any atom is 0.292 e. The molecule has 0 radical (unpaired) electrons. The first kappa shape index (κ1) is 18.2. The van der Waals surface area contributed by atoms with Gasteiger partial charge in [-0.2, -0.15) is 8.42 Å². The zero-order chi connectivity index (χ0) is 17.3. The van der Waals surface area contributed by atoms with Gasteiger partial charge < -0.3 is 4.90 Å². The highest BCUT2D eigenvalue weighted by Crippen LogP contribution is 2.34. The van der Waals surface area contributed by atoms with Gasteiger partial charge in [0.25, 0.3) is 10.0 Å². The molecule has 1 aromatic carbocycles. The molecule has 0 heterocycles. The number of hydrogen-bond donors (Lipinski definition) is 0. The van der Waals surface area contributed by atoms with Crippen molar-refractivity contribution in [1.29, 1.82) is 0 Å². The van der Waals surface area contributed by atoms with Crippen molar-refractivity contribution in [1.82, 2.24) is 4.90 Å². The second kappa shape index (κ2) is 6.79. The Hall–Kier alpha value is -1.11. The van der Waals surface area contributed by atoms with Crippen LogP contribution in [0.1, 0.15) is 26.7 Å². The van der Waals surface area contributed by atoms with Crippen LogP contribution in [0.2, 0.25) is 5.02 Å². The molecule has 0 amide bonds. The second-order valence-corrected chi connectivity index (χ2v) is 9.77. The lowest BCUT2D eigenvalue weighted by Gasteiger charge is -2.33. The largest absolute Gasteiger partial charge is 0.381 e. The van der Waals surface area contributed by atoms with Crippen molar-refractivity contribution in [3.63, 3.8) is 0 Å². The first-order valence-electron chi connectivity index (χ1n) is 7.23. The third-order valence-electron chi connectivity index (χ3n) is 3.58. The number of halogens is 1. The van der Waals surface area contributed by atoms with Crippen LogP contribution in [0, 0.1) is 5.41 Å². The van der Waals surface area contributed by atoms with Crippen LogP contribution in [0.3, 0.4) is 0 Å². The van der Waals surface area contributed by atoms with Gasteiger partial charge in [0.15, 0.2) is 0 Å². The summed E-state index contributed by atoms with van der Waals surface area (Å²) in [7, 11) is 0.308. The maximum absolute atomic E-state index is 12.3. The lowest BCUT2D eigenvalue weighted by atomic mass is 9.79. The van der Waals surface area contributed by atoms with Crippen LogP contribution in [-0.2, 0) is 21.2 Å². The van der Waals surface area contributed by atoms with Crippen molar-refractivity contribution in [2.45, 2.75) is 31.6 Å². The topological polar surface area (TPSA) is 49.7 Å². The molecule has 0 bridgehead atoms. The molecule has 0 saturated heterocycles. The lowest BCUT2D eigenvalue weighted by molar-refractivity contribution is 0.328. The Morgan fingerprint density at radius 1 is 1.17 bits per heavy atom. The van der Waals surface area contributed by atoms with Crippen LogP contribution >= 0.6 is 11.6 Å². The monoisotopic (exact) mass is 372 g/mol. The molecule has 0 N–H and O–H groups in total. The van der Waals surface area contributed by atoms with Crippen molar-refractivity contribution in [3.8, 4) is 0 Å². The van der Waals surface area contributed by atoms with Crippen LogP contribution < -0.4 is 0 Å². The van der Waals surface area contributed by atoms with Gasteiger partial charge in [0.05, 0.1) is 4.90 Å².